The van der Waals surface area contributed by atoms with Crippen molar-refractivity contribution in [1.29, 1.82) is 0 Å². The molecule has 3 nitrogen and oxygen atoms in total. The van der Waals surface area contributed by atoms with Crippen molar-refractivity contribution in [3.8, 4) is 0 Å². The Balaban J connectivity index is 2.02. The molecule has 0 amide bonds. The Labute approximate surface area is 89.1 Å². The van der Waals surface area contributed by atoms with Crippen LogP contribution >= 0.6 is 0 Å². The molecule has 0 aliphatic carbocycles. The van der Waals surface area contributed by atoms with Crippen LogP contribution in [-0.2, 0) is 6.54 Å². The summed E-state index contributed by atoms with van der Waals surface area (Å²) < 4.78 is 5.45. The maximum atomic E-state index is 5.45. The molecule has 2 aromatic heterocycles. The summed E-state index contributed by atoms with van der Waals surface area (Å²) in [5, 5.41) is 3.29. The lowest BCUT2D eigenvalue weighted by Gasteiger charge is -2.03. The van der Waals surface area contributed by atoms with Gasteiger partial charge in [-0.25, -0.2) is 0 Å². The smallest absolute Gasteiger partial charge is 0.106 e. The Bertz CT molecular complexity index is 434. The van der Waals surface area contributed by atoms with Crippen molar-refractivity contribution < 1.29 is 4.42 Å². The van der Waals surface area contributed by atoms with E-state index in [1.165, 1.54) is 5.56 Å². The first-order valence-corrected chi connectivity index (χ1v) is 4.95. The molecule has 0 fully saturated rings. The highest BCUT2D eigenvalue weighted by atomic mass is 16.3. The standard InChI is InChI=1S/C12H14N2O/c1-9-6-11(10(2)15-9)7-14-12-4-3-5-13-8-12/h3-6,8,14H,7H2,1-2H3. The second-order valence-corrected chi connectivity index (χ2v) is 3.53. The largest absolute Gasteiger partial charge is 0.466 e. The third kappa shape index (κ3) is 2.37. The van der Waals surface area contributed by atoms with Gasteiger partial charge in [0, 0.05) is 24.5 Å². The minimum atomic E-state index is 0.773. The maximum absolute atomic E-state index is 5.45. The number of anilines is 1. The van der Waals surface area contributed by atoms with Crippen molar-refractivity contribution in [2.75, 3.05) is 5.32 Å². The fourth-order valence-corrected chi connectivity index (χ4v) is 1.52. The van der Waals surface area contributed by atoms with E-state index >= 15 is 0 Å². The topological polar surface area (TPSA) is 38.1 Å². The van der Waals surface area contributed by atoms with Crippen molar-refractivity contribution in [2.24, 2.45) is 0 Å². The highest BCUT2D eigenvalue weighted by Crippen LogP contribution is 2.15. The van der Waals surface area contributed by atoms with Gasteiger partial charge >= 0.3 is 0 Å². The molecule has 0 bridgehead atoms. The minimum Gasteiger partial charge on any atom is -0.466 e. The summed E-state index contributed by atoms with van der Waals surface area (Å²) in [6.07, 6.45) is 3.57. The van der Waals surface area contributed by atoms with Gasteiger partial charge in [-0.1, -0.05) is 0 Å². The van der Waals surface area contributed by atoms with Crippen molar-refractivity contribution in [3.05, 3.63) is 47.7 Å². The van der Waals surface area contributed by atoms with Crippen molar-refractivity contribution >= 4 is 5.69 Å². The van der Waals surface area contributed by atoms with E-state index in [1.54, 1.807) is 6.20 Å². The van der Waals surface area contributed by atoms with E-state index in [2.05, 4.69) is 16.4 Å². The molecule has 15 heavy (non-hydrogen) atoms. The zero-order valence-electron chi connectivity index (χ0n) is 8.95. The molecule has 0 aliphatic heterocycles. The van der Waals surface area contributed by atoms with Crippen molar-refractivity contribution in [2.45, 2.75) is 20.4 Å². The van der Waals surface area contributed by atoms with Gasteiger partial charge in [0.1, 0.15) is 11.5 Å². The van der Waals surface area contributed by atoms with Gasteiger partial charge in [0.05, 0.1) is 5.69 Å². The number of aromatic nitrogens is 1. The molecule has 2 rings (SSSR count). The number of hydrogen-bond acceptors (Lipinski definition) is 3. The summed E-state index contributed by atoms with van der Waals surface area (Å²) in [4.78, 5) is 4.04. The predicted octanol–water partition coefficient (Wildman–Crippen LogP) is 2.90. The first kappa shape index (κ1) is 9.77. The Morgan fingerprint density at radius 1 is 1.40 bits per heavy atom. The number of hydrogen-bond donors (Lipinski definition) is 1. The zero-order valence-corrected chi connectivity index (χ0v) is 8.95. The van der Waals surface area contributed by atoms with Crippen molar-refractivity contribution in [1.82, 2.24) is 4.98 Å². The van der Waals surface area contributed by atoms with E-state index in [9.17, 15) is 0 Å². The zero-order chi connectivity index (χ0) is 10.7. The van der Waals surface area contributed by atoms with Gasteiger partial charge in [0.25, 0.3) is 0 Å². The lowest BCUT2D eigenvalue weighted by atomic mass is 10.2. The minimum absolute atomic E-state index is 0.773. The quantitative estimate of drug-likeness (QED) is 0.831. The molecule has 1 N–H and O–H groups in total. The molecule has 2 heterocycles. The van der Waals surface area contributed by atoms with Crippen LogP contribution in [0.15, 0.2) is 35.0 Å². The third-order valence-corrected chi connectivity index (χ3v) is 2.29. The number of nitrogens with zero attached hydrogens (tertiary/aromatic N) is 1. The van der Waals surface area contributed by atoms with Gasteiger partial charge in [0.2, 0.25) is 0 Å². The highest BCUT2D eigenvalue weighted by Gasteiger charge is 2.03. The molecule has 0 saturated heterocycles. The van der Waals surface area contributed by atoms with Crippen LogP contribution in [0.3, 0.4) is 0 Å². The molecule has 2 aromatic rings. The first-order chi connectivity index (χ1) is 7.25. The molecule has 0 saturated carbocycles. The number of pyridine rings is 1. The summed E-state index contributed by atoms with van der Waals surface area (Å²) in [6, 6.07) is 5.96. The summed E-state index contributed by atoms with van der Waals surface area (Å²) in [5.74, 6) is 1.93. The van der Waals surface area contributed by atoms with Crippen LogP contribution in [0.5, 0.6) is 0 Å². The summed E-state index contributed by atoms with van der Waals surface area (Å²) >= 11 is 0. The van der Waals surface area contributed by atoms with E-state index in [0.29, 0.717) is 0 Å². The molecule has 0 spiro atoms. The van der Waals surface area contributed by atoms with Crippen LogP contribution in [-0.4, -0.2) is 4.98 Å². The van der Waals surface area contributed by atoms with Gasteiger partial charge in [-0.15, -0.1) is 0 Å². The fourth-order valence-electron chi connectivity index (χ4n) is 1.52. The molecule has 0 unspecified atom stereocenters. The molecular weight excluding hydrogens is 188 g/mol. The fraction of sp³-hybridized carbons (Fsp3) is 0.250. The molecule has 0 atom stereocenters. The SMILES string of the molecule is Cc1cc(CNc2cccnc2)c(C)o1. The Hall–Kier alpha value is -1.77. The van der Waals surface area contributed by atoms with Gasteiger partial charge in [-0.05, 0) is 32.0 Å². The van der Waals surface area contributed by atoms with Crippen LogP contribution in [0.1, 0.15) is 17.1 Å². The lowest BCUT2D eigenvalue weighted by Crippen LogP contribution is -1.99. The number of nitrogens with one attached hydrogen (secondary N) is 1. The van der Waals surface area contributed by atoms with Crippen LogP contribution < -0.4 is 5.32 Å². The monoisotopic (exact) mass is 202 g/mol. The van der Waals surface area contributed by atoms with Gasteiger partial charge in [0.15, 0.2) is 0 Å². The molecule has 0 aliphatic rings. The molecule has 78 valence electrons. The van der Waals surface area contributed by atoms with E-state index in [1.807, 2.05) is 32.2 Å². The van der Waals surface area contributed by atoms with Crippen LogP contribution in [0.25, 0.3) is 0 Å². The molecular formula is C12H14N2O. The van der Waals surface area contributed by atoms with E-state index in [4.69, 9.17) is 4.42 Å². The average molecular weight is 202 g/mol. The lowest BCUT2D eigenvalue weighted by molar-refractivity contribution is 0.501. The number of aryl methyl sites for hydroxylation is 2. The van der Waals surface area contributed by atoms with E-state index in [0.717, 1.165) is 23.8 Å². The van der Waals surface area contributed by atoms with Crippen LogP contribution in [0, 0.1) is 13.8 Å². The first-order valence-electron chi connectivity index (χ1n) is 4.95. The Morgan fingerprint density at radius 2 is 2.27 bits per heavy atom. The summed E-state index contributed by atoms with van der Waals surface area (Å²) in [5.41, 5.74) is 2.21. The summed E-state index contributed by atoms with van der Waals surface area (Å²) in [6.45, 7) is 4.71. The van der Waals surface area contributed by atoms with E-state index in [-0.39, 0.29) is 0 Å². The van der Waals surface area contributed by atoms with Crippen LogP contribution in [0.2, 0.25) is 0 Å². The third-order valence-electron chi connectivity index (χ3n) is 2.29. The average Bonchev–Trinajstić information content (AvgIpc) is 2.56. The number of furan rings is 1. The number of rotatable bonds is 3. The molecule has 0 radical (unpaired) electrons. The molecule has 3 heteroatoms. The van der Waals surface area contributed by atoms with Gasteiger partial charge in [-0.3, -0.25) is 4.98 Å². The summed E-state index contributed by atoms with van der Waals surface area (Å²) in [7, 11) is 0. The van der Waals surface area contributed by atoms with E-state index < -0.39 is 0 Å². The second-order valence-electron chi connectivity index (χ2n) is 3.53. The Kier molecular flexibility index (Phi) is 2.72. The second kappa shape index (κ2) is 4.17. The predicted molar refractivity (Wildman–Crippen MR) is 59.7 cm³/mol. The maximum Gasteiger partial charge on any atom is 0.106 e. The highest BCUT2D eigenvalue weighted by molar-refractivity contribution is 5.40. The van der Waals surface area contributed by atoms with Crippen molar-refractivity contribution in [3.63, 3.8) is 0 Å². The van der Waals surface area contributed by atoms with Gasteiger partial charge in [-0.2, -0.15) is 0 Å². The Morgan fingerprint density at radius 3 is 2.87 bits per heavy atom. The normalized spacial score (nSPS) is 10.3. The van der Waals surface area contributed by atoms with Crippen LogP contribution in [0.4, 0.5) is 5.69 Å². The van der Waals surface area contributed by atoms with Gasteiger partial charge < -0.3 is 9.73 Å². The molecule has 0 aromatic carbocycles.